The van der Waals surface area contributed by atoms with Gasteiger partial charge >= 0.3 is 12.1 Å². The number of hydrogen-bond acceptors (Lipinski definition) is 2. The molecule has 0 atom stereocenters. The van der Waals surface area contributed by atoms with Crippen molar-refractivity contribution < 1.29 is 23.1 Å². The number of carboxylic acid groups (broad SMARTS) is 1. The summed E-state index contributed by atoms with van der Waals surface area (Å²) in [4.78, 5) is 11.0. The van der Waals surface area contributed by atoms with Gasteiger partial charge in [0, 0.05) is 18.5 Å². The van der Waals surface area contributed by atoms with Crippen LogP contribution in [0.5, 0.6) is 0 Å². The van der Waals surface area contributed by atoms with Gasteiger partial charge in [0.05, 0.1) is 11.1 Å². The fourth-order valence-electron chi connectivity index (χ4n) is 2.55. The summed E-state index contributed by atoms with van der Waals surface area (Å²) in [5.74, 6) is -0.980. The van der Waals surface area contributed by atoms with Crippen LogP contribution in [0.3, 0.4) is 0 Å². The molecule has 0 bridgehead atoms. The Morgan fingerprint density at radius 2 is 1.64 bits per heavy atom. The van der Waals surface area contributed by atoms with Gasteiger partial charge in [0.25, 0.3) is 0 Å². The highest BCUT2D eigenvalue weighted by atomic mass is 19.4. The lowest BCUT2D eigenvalue weighted by atomic mass is 9.84. The SMILES string of the molecule is CC(C)(CNCc1cccc(C(=O)O)c1)c1ccc(C(F)(F)F)cc1. The lowest BCUT2D eigenvalue weighted by molar-refractivity contribution is -0.137. The van der Waals surface area contributed by atoms with E-state index >= 15 is 0 Å². The first kappa shape index (κ1) is 19.0. The zero-order valence-corrected chi connectivity index (χ0v) is 14.0. The number of rotatable bonds is 6. The molecule has 0 aliphatic carbocycles. The molecule has 0 fully saturated rings. The van der Waals surface area contributed by atoms with E-state index in [4.69, 9.17) is 5.11 Å². The molecule has 2 aromatic carbocycles. The van der Waals surface area contributed by atoms with Crippen molar-refractivity contribution in [1.82, 2.24) is 5.32 Å². The van der Waals surface area contributed by atoms with Crippen LogP contribution in [-0.2, 0) is 18.1 Å². The van der Waals surface area contributed by atoms with Crippen molar-refractivity contribution in [3.63, 3.8) is 0 Å². The second-order valence-electron chi connectivity index (χ2n) is 6.57. The Morgan fingerprint density at radius 1 is 1.04 bits per heavy atom. The average molecular weight is 351 g/mol. The van der Waals surface area contributed by atoms with Gasteiger partial charge in [0.15, 0.2) is 0 Å². The predicted molar refractivity (Wildman–Crippen MR) is 89.6 cm³/mol. The molecular weight excluding hydrogens is 331 g/mol. The van der Waals surface area contributed by atoms with Crippen molar-refractivity contribution in [3.8, 4) is 0 Å². The Bertz CT molecular complexity index is 737. The van der Waals surface area contributed by atoms with Crippen molar-refractivity contribution in [2.45, 2.75) is 32.0 Å². The first-order valence-electron chi connectivity index (χ1n) is 7.80. The molecular formula is C19H20F3NO2. The number of benzene rings is 2. The van der Waals surface area contributed by atoms with E-state index in [-0.39, 0.29) is 11.0 Å². The minimum atomic E-state index is -4.34. The number of aromatic carboxylic acids is 1. The van der Waals surface area contributed by atoms with Crippen LogP contribution in [0.1, 0.15) is 40.9 Å². The maximum atomic E-state index is 12.6. The number of nitrogens with one attached hydrogen (secondary N) is 1. The first-order valence-corrected chi connectivity index (χ1v) is 7.80. The summed E-state index contributed by atoms with van der Waals surface area (Å²) < 4.78 is 37.9. The van der Waals surface area contributed by atoms with Crippen LogP contribution in [0.25, 0.3) is 0 Å². The fraction of sp³-hybridized carbons (Fsp3) is 0.316. The quantitative estimate of drug-likeness (QED) is 0.807. The van der Waals surface area contributed by atoms with Crippen LogP contribution in [0.15, 0.2) is 48.5 Å². The van der Waals surface area contributed by atoms with Crippen LogP contribution < -0.4 is 5.32 Å². The Morgan fingerprint density at radius 3 is 2.20 bits per heavy atom. The molecule has 25 heavy (non-hydrogen) atoms. The van der Waals surface area contributed by atoms with E-state index in [9.17, 15) is 18.0 Å². The molecule has 0 aliphatic heterocycles. The Hall–Kier alpha value is -2.34. The maximum absolute atomic E-state index is 12.6. The second-order valence-corrected chi connectivity index (χ2v) is 6.57. The molecule has 2 aromatic rings. The van der Waals surface area contributed by atoms with E-state index in [1.54, 1.807) is 12.1 Å². The summed E-state index contributed by atoms with van der Waals surface area (Å²) in [7, 11) is 0. The minimum absolute atomic E-state index is 0.223. The van der Waals surface area contributed by atoms with Gasteiger partial charge in [0.1, 0.15) is 0 Å². The standard InChI is InChI=1S/C19H20F3NO2/c1-18(2,15-6-8-16(9-7-15)19(20,21)22)12-23-11-13-4-3-5-14(10-13)17(24)25/h3-10,23H,11-12H2,1-2H3,(H,24,25). The average Bonchev–Trinajstić information content (AvgIpc) is 2.54. The highest BCUT2D eigenvalue weighted by molar-refractivity contribution is 5.87. The van der Waals surface area contributed by atoms with Crippen LogP contribution in [-0.4, -0.2) is 17.6 Å². The molecule has 2 rings (SSSR count). The third-order valence-electron chi connectivity index (χ3n) is 4.06. The molecule has 0 unspecified atom stereocenters. The van der Waals surface area contributed by atoms with Crippen LogP contribution in [0.2, 0.25) is 0 Å². The van der Waals surface area contributed by atoms with E-state index in [2.05, 4.69) is 5.32 Å². The summed E-state index contributed by atoms with van der Waals surface area (Å²) in [6, 6.07) is 11.8. The molecule has 0 spiro atoms. The van der Waals surface area contributed by atoms with Gasteiger partial charge in [-0.05, 0) is 35.4 Å². The number of halogens is 3. The molecule has 0 saturated carbocycles. The summed E-state index contributed by atoms with van der Waals surface area (Å²) >= 11 is 0. The van der Waals surface area contributed by atoms with Gasteiger partial charge in [-0.1, -0.05) is 38.1 Å². The second kappa shape index (κ2) is 7.27. The molecule has 0 aromatic heterocycles. The monoisotopic (exact) mass is 351 g/mol. The molecule has 134 valence electrons. The van der Waals surface area contributed by atoms with Crippen LogP contribution in [0, 0.1) is 0 Å². The summed E-state index contributed by atoms with van der Waals surface area (Å²) in [6.45, 7) is 4.90. The molecule has 2 N–H and O–H groups in total. The highest BCUT2D eigenvalue weighted by Crippen LogP contribution is 2.31. The van der Waals surface area contributed by atoms with Crippen molar-refractivity contribution in [2.24, 2.45) is 0 Å². The lowest BCUT2D eigenvalue weighted by Gasteiger charge is -2.26. The zero-order chi connectivity index (χ0) is 18.7. The lowest BCUT2D eigenvalue weighted by Crippen LogP contribution is -2.32. The first-order chi connectivity index (χ1) is 11.6. The Labute approximate surface area is 144 Å². The van der Waals surface area contributed by atoms with Gasteiger partial charge in [-0.2, -0.15) is 13.2 Å². The van der Waals surface area contributed by atoms with Gasteiger partial charge < -0.3 is 10.4 Å². The molecule has 0 aliphatic rings. The third-order valence-corrected chi connectivity index (χ3v) is 4.06. The predicted octanol–water partition coefficient (Wildman–Crippen LogP) is 4.47. The van der Waals surface area contributed by atoms with Crippen molar-refractivity contribution in [1.29, 1.82) is 0 Å². The van der Waals surface area contributed by atoms with E-state index in [1.165, 1.54) is 18.2 Å². The Balaban J connectivity index is 1.99. The van der Waals surface area contributed by atoms with Gasteiger partial charge in [-0.25, -0.2) is 4.79 Å². The Kier molecular flexibility index (Phi) is 5.52. The van der Waals surface area contributed by atoms with Crippen molar-refractivity contribution in [3.05, 3.63) is 70.8 Å². The number of alkyl halides is 3. The zero-order valence-electron chi connectivity index (χ0n) is 14.0. The van der Waals surface area contributed by atoms with Crippen LogP contribution >= 0.6 is 0 Å². The fourth-order valence-corrected chi connectivity index (χ4v) is 2.55. The molecule has 6 heteroatoms. The molecule has 0 heterocycles. The normalized spacial score (nSPS) is 12.2. The summed E-state index contributed by atoms with van der Waals surface area (Å²) in [6.07, 6.45) is -4.34. The summed E-state index contributed by atoms with van der Waals surface area (Å²) in [5, 5.41) is 12.2. The largest absolute Gasteiger partial charge is 0.478 e. The molecule has 0 radical (unpaired) electrons. The van der Waals surface area contributed by atoms with Crippen molar-refractivity contribution >= 4 is 5.97 Å². The van der Waals surface area contributed by atoms with Crippen molar-refractivity contribution in [2.75, 3.05) is 6.54 Å². The topological polar surface area (TPSA) is 49.3 Å². The third kappa shape index (κ3) is 5.06. The van der Waals surface area contributed by atoms with E-state index in [0.29, 0.717) is 13.1 Å². The molecule has 0 amide bonds. The number of carboxylic acids is 1. The van der Waals surface area contributed by atoms with Gasteiger partial charge in [0.2, 0.25) is 0 Å². The minimum Gasteiger partial charge on any atom is -0.478 e. The van der Waals surface area contributed by atoms with E-state index in [0.717, 1.165) is 23.3 Å². The summed E-state index contributed by atoms with van der Waals surface area (Å²) in [5.41, 5.74) is 0.830. The highest BCUT2D eigenvalue weighted by Gasteiger charge is 2.31. The molecule has 0 saturated heterocycles. The smallest absolute Gasteiger partial charge is 0.416 e. The van der Waals surface area contributed by atoms with Crippen LogP contribution in [0.4, 0.5) is 13.2 Å². The van der Waals surface area contributed by atoms with Gasteiger partial charge in [-0.15, -0.1) is 0 Å². The van der Waals surface area contributed by atoms with Gasteiger partial charge in [-0.3, -0.25) is 0 Å². The molecule has 3 nitrogen and oxygen atoms in total. The number of carbonyl (C=O) groups is 1. The number of hydrogen-bond donors (Lipinski definition) is 2. The van der Waals surface area contributed by atoms with E-state index in [1.807, 2.05) is 19.9 Å². The van der Waals surface area contributed by atoms with E-state index < -0.39 is 17.7 Å². The maximum Gasteiger partial charge on any atom is 0.416 e.